The summed E-state index contributed by atoms with van der Waals surface area (Å²) in [6.45, 7) is 3.67. The Morgan fingerprint density at radius 1 is 1.22 bits per heavy atom. The van der Waals surface area contributed by atoms with Crippen LogP contribution >= 0.6 is 35.3 Å². The average Bonchev–Trinajstić information content (AvgIpc) is 3.14. The lowest BCUT2D eigenvalue weighted by atomic mass is 10.1. The van der Waals surface area contributed by atoms with Gasteiger partial charge in [-0.2, -0.15) is 0 Å². The molecule has 0 spiro atoms. The first-order valence-electron chi connectivity index (χ1n) is 8.36. The third-order valence-corrected chi connectivity index (χ3v) is 5.91. The van der Waals surface area contributed by atoms with E-state index < -0.39 is 9.84 Å². The van der Waals surface area contributed by atoms with Crippen molar-refractivity contribution in [1.29, 1.82) is 0 Å². The molecule has 27 heavy (non-hydrogen) atoms. The smallest absolute Gasteiger partial charge is 0.191 e. The summed E-state index contributed by atoms with van der Waals surface area (Å²) < 4.78 is 23.2. The first kappa shape index (κ1) is 21.9. The number of aromatic nitrogens is 1. The molecule has 2 N–H and O–H groups in total. The fourth-order valence-electron chi connectivity index (χ4n) is 2.90. The molecular weight excluding hydrogens is 497 g/mol. The summed E-state index contributed by atoms with van der Waals surface area (Å²) in [5, 5.41) is 3.01. The number of thiazole rings is 1. The van der Waals surface area contributed by atoms with Gasteiger partial charge in [0.1, 0.15) is 0 Å². The minimum absolute atomic E-state index is 0. The zero-order chi connectivity index (χ0) is 18.6. The minimum atomic E-state index is -3.09. The van der Waals surface area contributed by atoms with Crippen LogP contribution in [0, 0.1) is 0 Å². The average molecular weight is 521 g/mol. The van der Waals surface area contributed by atoms with Crippen LogP contribution < -0.4 is 10.6 Å². The van der Waals surface area contributed by atoms with Crippen LogP contribution in [-0.2, 0) is 22.1 Å². The highest BCUT2D eigenvalue weighted by Crippen LogP contribution is 2.19. The summed E-state index contributed by atoms with van der Waals surface area (Å²) in [5.74, 6) is 0.517. The van der Waals surface area contributed by atoms with Crippen molar-refractivity contribution in [3.63, 3.8) is 0 Å². The van der Waals surface area contributed by atoms with Gasteiger partial charge in [0.2, 0.25) is 0 Å². The van der Waals surface area contributed by atoms with Crippen molar-refractivity contribution in [2.24, 2.45) is 10.7 Å². The zero-order valence-electron chi connectivity index (χ0n) is 15.1. The van der Waals surface area contributed by atoms with E-state index in [2.05, 4.69) is 19.8 Å². The lowest BCUT2D eigenvalue weighted by molar-refractivity contribution is 0.380. The standard InChI is InChI=1S/C17H23N5O2S2.HI/c1-26(23,24)13-15-5-3-2-4-14(15)12-20-16(18)21-7-9-22(10-8-21)17-19-6-11-25-17;/h2-6,11H,7-10,12-13H2,1H3,(H2,18,20);1H. The third kappa shape index (κ3) is 6.32. The van der Waals surface area contributed by atoms with Crippen molar-refractivity contribution in [3.05, 3.63) is 47.0 Å². The lowest BCUT2D eigenvalue weighted by Gasteiger charge is -2.35. The molecule has 1 aromatic carbocycles. The Kier molecular flexibility index (Phi) is 7.86. The van der Waals surface area contributed by atoms with Gasteiger partial charge in [0.05, 0.1) is 12.3 Å². The molecule has 0 saturated carbocycles. The van der Waals surface area contributed by atoms with E-state index >= 15 is 0 Å². The molecule has 0 radical (unpaired) electrons. The number of nitrogens with two attached hydrogens (primary N) is 1. The van der Waals surface area contributed by atoms with E-state index in [0.29, 0.717) is 12.5 Å². The van der Waals surface area contributed by atoms with E-state index in [9.17, 15) is 8.42 Å². The quantitative estimate of drug-likeness (QED) is 0.368. The Balaban J connectivity index is 0.00000261. The molecule has 0 aliphatic carbocycles. The number of anilines is 1. The summed E-state index contributed by atoms with van der Waals surface area (Å²) >= 11 is 1.64. The van der Waals surface area contributed by atoms with Crippen LogP contribution in [0.5, 0.6) is 0 Å². The Labute approximate surface area is 181 Å². The molecule has 1 fully saturated rings. The van der Waals surface area contributed by atoms with Crippen LogP contribution in [0.2, 0.25) is 0 Å². The molecule has 0 amide bonds. The molecule has 1 aromatic heterocycles. The van der Waals surface area contributed by atoms with Crippen molar-refractivity contribution in [2.75, 3.05) is 37.3 Å². The highest BCUT2D eigenvalue weighted by atomic mass is 127. The van der Waals surface area contributed by atoms with Gasteiger partial charge in [-0.25, -0.2) is 18.4 Å². The Bertz CT molecular complexity index is 863. The number of sulfone groups is 1. The first-order chi connectivity index (χ1) is 12.4. The normalized spacial score (nSPS) is 15.5. The molecule has 0 bridgehead atoms. The van der Waals surface area contributed by atoms with E-state index in [1.165, 1.54) is 6.26 Å². The number of hydrogen-bond donors (Lipinski definition) is 1. The molecule has 10 heteroatoms. The van der Waals surface area contributed by atoms with Gasteiger partial charge in [0.25, 0.3) is 0 Å². The fourth-order valence-corrected chi connectivity index (χ4v) is 4.44. The van der Waals surface area contributed by atoms with Gasteiger partial charge < -0.3 is 15.5 Å². The van der Waals surface area contributed by atoms with Gasteiger partial charge >= 0.3 is 0 Å². The van der Waals surface area contributed by atoms with Crippen LogP contribution in [0.15, 0.2) is 40.8 Å². The van der Waals surface area contributed by atoms with E-state index in [0.717, 1.165) is 42.4 Å². The molecule has 1 aliphatic rings. The highest BCUT2D eigenvalue weighted by Gasteiger charge is 2.19. The molecule has 2 aromatic rings. The number of hydrogen-bond acceptors (Lipinski definition) is 6. The molecule has 0 atom stereocenters. The van der Waals surface area contributed by atoms with Crippen LogP contribution in [0.1, 0.15) is 11.1 Å². The maximum atomic E-state index is 11.6. The fraction of sp³-hybridized carbons (Fsp3) is 0.412. The highest BCUT2D eigenvalue weighted by molar-refractivity contribution is 14.0. The Morgan fingerprint density at radius 2 is 1.89 bits per heavy atom. The topological polar surface area (TPSA) is 91.9 Å². The van der Waals surface area contributed by atoms with Gasteiger partial charge in [-0.1, -0.05) is 24.3 Å². The van der Waals surface area contributed by atoms with Crippen molar-refractivity contribution >= 4 is 56.2 Å². The number of nitrogens with zero attached hydrogens (tertiary/aromatic N) is 4. The molecule has 1 aliphatic heterocycles. The number of halogens is 1. The maximum absolute atomic E-state index is 11.6. The molecular formula is C17H24IN5O2S2. The van der Waals surface area contributed by atoms with Gasteiger partial charge in [0.15, 0.2) is 20.9 Å². The molecule has 148 valence electrons. The lowest BCUT2D eigenvalue weighted by Crippen LogP contribution is -2.51. The predicted molar refractivity (Wildman–Crippen MR) is 122 cm³/mol. The van der Waals surface area contributed by atoms with Gasteiger partial charge in [-0.15, -0.1) is 35.3 Å². The monoisotopic (exact) mass is 521 g/mol. The predicted octanol–water partition coefficient (Wildman–Crippen LogP) is 1.94. The molecule has 3 rings (SSSR count). The summed E-state index contributed by atoms with van der Waals surface area (Å²) in [5.41, 5.74) is 7.83. The first-order valence-corrected chi connectivity index (χ1v) is 11.3. The maximum Gasteiger partial charge on any atom is 0.191 e. The summed E-state index contributed by atoms with van der Waals surface area (Å²) in [6, 6.07) is 7.46. The number of aliphatic imine (C=N–C) groups is 1. The van der Waals surface area contributed by atoms with Crippen LogP contribution in [0.3, 0.4) is 0 Å². The minimum Gasteiger partial charge on any atom is -0.370 e. The van der Waals surface area contributed by atoms with E-state index in [1.54, 1.807) is 11.3 Å². The van der Waals surface area contributed by atoms with E-state index in [1.807, 2.05) is 35.8 Å². The zero-order valence-corrected chi connectivity index (χ0v) is 19.1. The number of rotatable bonds is 5. The Morgan fingerprint density at radius 3 is 2.48 bits per heavy atom. The van der Waals surface area contributed by atoms with Gasteiger partial charge in [-0.05, 0) is 11.1 Å². The van der Waals surface area contributed by atoms with Gasteiger partial charge in [-0.3, -0.25) is 0 Å². The summed E-state index contributed by atoms with van der Waals surface area (Å²) in [4.78, 5) is 13.1. The SMILES string of the molecule is CS(=O)(=O)Cc1ccccc1CN=C(N)N1CCN(c2nccs2)CC1.I. The van der Waals surface area contributed by atoms with Crippen LogP contribution in [0.25, 0.3) is 0 Å². The van der Waals surface area contributed by atoms with Crippen molar-refractivity contribution in [2.45, 2.75) is 12.3 Å². The van der Waals surface area contributed by atoms with Crippen molar-refractivity contribution in [3.8, 4) is 0 Å². The number of piperazine rings is 1. The molecule has 7 nitrogen and oxygen atoms in total. The second kappa shape index (κ2) is 9.69. The summed E-state index contributed by atoms with van der Waals surface area (Å²) in [6.07, 6.45) is 3.06. The molecule has 1 saturated heterocycles. The second-order valence-corrected chi connectivity index (χ2v) is 9.32. The number of benzene rings is 1. The number of guanidine groups is 1. The molecule has 0 unspecified atom stereocenters. The van der Waals surface area contributed by atoms with Crippen molar-refractivity contribution in [1.82, 2.24) is 9.88 Å². The molecule has 2 heterocycles. The van der Waals surface area contributed by atoms with E-state index in [-0.39, 0.29) is 29.7 Å². The summed E-state index contributed by atoms with van der Waals surface area (Å²) in [7, 11) is -3.09. The third-order valence-electron chi connectivity index (χ3n) is 4.24. The Hall–Kier alpha value is -1.40. The van der Waals surface area contributed by atoms with Crippen LogP contribution in [0.4, 0.5) is 5.13 Å². The largest absolute Gasteiger partial charge is 0.370 e. The van der Waals surface area contributed by atoms with E-state index in [4.69, 9.17) is 5.73 Å². The van der Waals surface area contributed by atoms with Crippen molar-refractivity contribution < 1.29 is 8.42 Å². The second-order valence-electron chi connectivity index (χ2n) is 6.30. The van der Waals surface area contributed by atoms with Crippen LogP contribution in [-0.4, -0.2) is 56.7 Å². The van der Waals surface area contributed by atoms with Gasteiger partial charge in [0, 0.05) is 44.0 Å².